The highest BCUT2D eigenvalue weighted by atomic mass is 16.5. The van der Waals surface area contributed by atoms with E-state index in [1.807, 2.05) is 25.1 Å². The molecule has 32 heavy (non-hydrogen) atoms. The van der Waals surface area contributed by atoms with Crippen LogP contribution in [0.3, 0.4) is 0 Å². The average Bonchev–Trinajstić information content (AvgIpc) is 2.80. The third-order valence-electron chi connectivity index (χ3n) is 6.16. The molecule has 2 atom stereocenters. The lowest BCUT2D eigenvalue weighted by Gasteiger charge is -2.32. The number of aliphatic imine (C=N–C) groups is 1. The molecule has 4 rings (SSSR count). The smallest absolute Gasteiger partial charge is 0.162 e. The predicted octanol–water partition coefficient (Wildman–Crippen LogP) is 6.19. The van der Waals surface area contributed by atoms with Crippen LogP contribution in [-0.4, -0.2) is 17.4 Å². The van der Waals surface area contributed by atoms with Crippen LogP contribution in [0.4, 0.5) is 0 Å². The van der Waals surface area contributed by atoms with Crippen LogP contribution in [0.2, 0.25) is 0 Å². The Hall–Kier alpha value is -3.11. The van der Waals surface area contributed by atoms with Gasteiger partial charge < -0.3 is 9.84 Å². The molecule has 0 amide bonds. The zero-order valence-electron chi connectivity index (χ0n) is 19.4. The van der Waals surface area contributed by atoms with E-state index in [9.17, 15) is 5.11 Å². The van der Waals surface area contributed by atoms with E-state index in [-0.39, 0.29) is 18.0 Å². The molecule has 2 unspecified atom stereocenters. The molecule has 0 fully saturated rings. The summed E-state index contributed by atoms with van der Waals surface area (Å²) in [5.41, 5.74) is 7.92. The maximum absolute atomic E-state index is 10.9. The first kappa shape index (κ1) is 22.1. The van der Waals surface area contributed by atoms with Crippen molar-refractivity contribution in [3.05, 3.63) is 94.0 Å². The Kier molecular flexibility index (Phi) is 6.61. The Morgan fingerprint density at radius 1 is 1.00 bits per heavy atom. The Morgan fingerprint density at radius 3 is 2.47 bits per heavy atom. The van der Waals surface area contributed by atoms with E-state index in [0.717, 1.165) is 28.8 Å². The van der Waals surface area contributed by atoms with Gasteiger partial charge in [-0.2, -0.15) is 0 Å². The van der Waals surface area contributed by atoms with Crippen LogP contribution >= 0.6 is 0 Å². The highest BCUT2D eigenvalue weighted by molar-refractivity contribution is 6.01. The van der Waals surface area contributed by atoms with E-state index in [1.165, 1.54) is 16.7 Å². The number of nitrogens with one attached hydrogen (secondary N) is 1. The Bertz CT molecular complexity index is 1120. The number of rotatable bonds is 6. The van der Waals surface area contributed by atoms with Gasteiger partial charge in [0.25, 0.3) is 0 Å². The van der Waals surface area contributed by atoms with Crippen molar-refractivity contribution >= 4 is 5.71 Å². The van der Waals surface area contributed by atoms with Crippen molar-refractivity contribution in [2.45, 2.75) is 52.7 Å². The minimum Gasteiger partial charge on any atom is -0.504 e. The molecule has 0 radical (unpaired) electrons. The fraction of sp³-hybridized carbons (Fsp3) is 0.321. The number of phenols is 1. The molecular formula is C28H32N2O2. The largest absolute Gasteiger partial charge is 0.504 e. The molecule has 1 heterocycles. The zero-order valence-corrected chi connectivity index (χ0v) is 19.4. The van der Waals surface area contributed by atoms with E-state index in [0.29, 0.717) is 18.8 Å². The van der Waals surface area contributed by atoms with E-state index in [2.05, 4.69) is 68.6 Å². The minimum absolute atomic E-state index is 0.0838. The van der Waals surface area contributed by atoms with Gasteiger partial charge in [0.15, 0.2) is 11.5 Å². The van der Waals surface area contributed by atoms with E-state index in [4.69, 9.17) is 9.73 Å². The number of hydrogen-bond donors (Lipinski definition) is 2. The maximum Gasteiger partial charge on any atom is 0.162 e. The lowest BCUT2D eigenvalue weighted by atomic mass is 9.92. The fourth-order valence-electron chi connectivity index (χ4n) is 4.40. The molecule has 166 valence electrons. The summed E-state index contributed by atoms with van der Waals surface area (Å²) >= 11 is 0. The number of benzene rings is 3. The van der Waals surface area contributed by atoms with Crippen LogP contribution in [0, 0.1) is 13.8 Å². The zero-order chi connectivity index (χ0) is 22.7. The van der Waals surface area contributed by atoms with Crippen molar-refractivity contribution < 1.29 is 9.84 Å². The first-order chi connectivity index (χ1) is 15.5. The minimum atomic E-state index is -0.189. The monoisotopic (exact) mass is 428 g/mol. The number of aryl methyl sites for hydroxylation is 3. The molecule has 0 saturated heterocycles. The van der Waals surface area contributed by atoms with Crippen molar-refractivity contribution in [1.29, 1.82) is 0 Å². The number of aromatic hydroxyl groups is 1. The van der Waals surface area contributed by atoms with Crippen molar-refractivity contribution in [2.24, 2.45) is 4.99 Å². The molecule has 3 aromatic carbocycles. The molecule has 0 aromatic heterocycles. The quantitative estimate of drug-likeness (QED) is 0.492. The van der Waals surface area contributed by atoms with Crippen LogP contribution in [0.1, 0.15) is 65.9 Å². The maximum atomic E-state index is 10.9. The van der Waals surface area contributed by atoms with Crippen molar-refractivity contribution in [2.75, 3.05) is 6.61 Å². The van der Waals surface area contributed by atoms with Gasteiger partial charge in [0.2, 0.25) is 0 Å². The van der Waals surface area contributed by atoms with Gasteiger partial charge in [-0.3, -0.25) is 10.3 Å². The van der Waals surface area contributed by atoms with Gasteiger partial charge in [0, 0.05) is 23.7 Å². The Labute approximate surface area is 191 Å². The van der Waals surface area contributed by atoms with Crippen LogP contribution < -0.4 is 10.1 Å². The van der Waals surface area contributed by atoms with Gasteiger partial charge in [-0.15, -0.1) is 0 Å². The average molecular weight is 429 g/mol. The summed E-state index contributed by atoms with van der Waals surface area (Å²) in [6, 6.07) is 20.8. The van der Waals surface area contributed by atoms with Crippen LogP contribution in [0.15, 0.2) is 65.7 Å². The number of para-hydroxylation sites is 1. The lowest BCUT2D eigenvalue weighted by molar-refractivity contribution is 0.313. The molecule has 0 aliphatic carbocycles. The Balaban J connectivity index is 1.77. The van der Waals surface area contributed by atoms with Crippen LogP contribution in [-0.2, 0) is 6.42 Å². The van der Waals surface area contributed by atoms with Crippen molar-refractivity contribution in [3.63, 3.8) is 0 Å². The summed E-state index contributed by atoms with van der Waals surface area (Å²) in [7, 11) is 0. The summed E-state index contributed by atoms with van der Waals surface area (Å²) in [5.74, 6) is 0.722. The molecule has 0 saturated carbocycles. The van der Waals surface area contributed by atoms with Gasteiger partial charge in [-0.1, -0.05) is 67.1 Å². The molecule has 2 N–H and O–H groups in total. The number of nitrogens with zero attached hydrogens (tertiary/aromatic N) is 1. The molecule has 4 nitrogen and oxygen atoms in total. The van der Waals surface area contributed by atoms with E-state index in [1.54, 1.807) is 0 Å². The summed E-state index contributed by atoms with van der Waals surface area (Å²) in [4.78, 5) is 5.13. The third kappa shape index (κ3) is 4.56. The number of ether oxygens (including phenoxy) is 1. The lowest BCUT2D eigenvalue weighted by Crippen LogP contribution is -2.33. The molecule has 0 spiro atoms. The van der Waals surface area contributed by atoms with Gasteiger partial charge in [-0.05, 0) is 55.5 Å². The van der Waals surface area contributed by atoms with Crippen LogP contribution in [0.5, 0.6) is 11.5 Å². The predicted molar refractivity (Wildman–Crippen MR) is 131 cm³/mol. The first-order valence-electron chi connectivity index (χ1n) is 11.4. The highest BCUT2D eigenvalue weighted by Crippen LogP contribution is 2.39. The van der Waals surface area contributed by atoms with Gasteiger partial charge >= 0.3 is 0 Å². The highest BCUT2D eigenvalue weighted by Gasteiger charge is 2.29. The first-order valence-corrected chi connectivity index (χ1v) is 11.4. The summed E-state index contributed by atoms with van der Waals surface area (Å²) < 4.78 is 5.64. The fourth-order valence-corrected chi connectivity index (χ4v) is 4.40. The molecular weight excluding hydrogens is 396 g/mol. The normalized spacial score (nSPS) is 18.3. The van der Waals surface area contributed by atoms with Gasteiger partial charge in [0.1, 0.15) is 6.17 Å². The second kappa shape index (κ2) is 9.58. The second-order valence-electron chi connectivity index (χ2n) is 8.44. The second-order valence-corrected chi connectivity index (χ2v) is 8.44. The summed E-state index contributed by atoms with van der Waals surface area (Å²) in [6.07, 6.45) is 1.52. The Morgan fingerprint density at radius 2 is 1.78 bits per heavy atom. The third-order valence-corrected chi connectivity index (χ3v) is 6.16. The molecule has 4 heteroatoms. The topological polar surface area (TPSA) is 53.8 Å². The van der Waals surface area contributed by atoms with Gasteiger partial charge in [0.05, 0.1) is 6.61 Å². The molecule has 0 bridgehead atoms. The standard InChI is InChI=1S/C28H32N2O2/c1-5-20-11-13-21(14-12-20)24-17-25(23-8-7-9-26(27(23)31)32-6-2)30-28(29-24)22-15-10-18(3)16-19(22)4/h7-16,25,28,30-31H,5-6,17H2,1-4H3. The summed E-state index contributed by atoms with van der Waals surface area (Å²) in [6.45, 7) is 8.83. The van der Waals surface area contributed by atoms with Crippen molar-refractivity contribution in [3.8, 4) is 11.5 Å². The van der Waals surface area contributed by atoms with E-state index >= 15 is 0 Å². The molecule has 1 aliphatic heterocycles. The molecule has 1 aliphatic rings. The summed E-state index contributed by atoms with van der Waals surface area (Å²) in [5, 5.41) is 14.6. The van der Waals surface area contributed by atoms with E-state index < -0.39 is 0 Å². The van der Waals surface area contributed by atoms with Crippen LogP contribution in [0.25, 0.3) is 0 Å². The molecule has 3 aromatic rings. The number of phenolic OH excluding ortho intramolecular Hbond substituents is 1. The number of hydrogen-bond acceptors (Lipinski definition) is 4. The SMILES string of the molecule is CCOc1cccc(C2CC(c3ccc(CC)cc3)=NC(c3ccc(C)cc3C)N2)c1O. The van der Waals surface area contributed by atoms with Crippen molar-refractivity contribution in [1.82, 2.24) is 5.32 Å². The van der Waals surface area contributed by atoms with Gasteiger partial charge in [-0.25, -0.2) is 0 Å².